The number of piperidine rings is 1. The lowest BCUT2D eigenvalue weighted by molar-refractivity contribution is -0.517. The number of likely N-dealkylation sites (tertiary alicyclic amines) is 1. The molecule has 3 atom stereocenters. The smallest absolute Gasteiger partial charge is 0.213 e. The van der Waals surface area contributed by atoms with Crippen LogP contribution < -0.4 is 5.73 Å². The predicted molar refractivity (Wildman–Crippen MR) is 154 cm³/mol. The van der Waals surface area contributed by atoms with Crippen molar-refractivity contribution in [2.75, 3.05) is 27.2 Å². The van der Waals surface area contributed by atoms with Gasteiger partial charge in [0.05, 0.1) is 0 Å². The quantitative estimate of drug-likeness (QED) is 0.169. The van der Waals surface area contributed by atoms with Gasteiger partial charge in [0.2, 0.25) is 6.04 Å². The third kappa shape index (κ3) is 6.71. The average Bonchev–Trinajstić information content (AvgIpc) is 2.91. The second-order valence-corrected chi connectivity index (χ2v) is 13.1. The largest absolute Gasteiger partial charge is 0.378 e. The molecule has 1 aliphatic heterocycles. The Labute approximate surface area is 230 Å². The number of allylic oxidation sites excluding steroid dienone is 4. The van der Waals surface area contributed by atoms with Crippen molar-refractivity contribution in [1.29, 1.82) is 0 Å². The van der Waals surface area contributed by atoms with Gasteiger partial charge in [-0.3, -0.25) is 15.0 Å². The number of aliphatic hydroxyl groups excluding tert-OH is 1. The maximum absolute atomic E-state index is 11.4. The zero-order valence-corrected chi connectivity index (χ0v) is 24.1. The van der Waals surface area contributed by atoms with Crippen LogP contribution in [0, 0.1) is 33.8 Å². The molecule has 3 N–H and O–H groups in total. The first-order valence-corrected chi connectivity index (χ1v) is 15.2. The molecule has 0 spiro atoms. The van der Waals surface area contributed by atoms with Crippen LogP contribution >= 0.6 is 0 Å². The zero-order chi connectivity index (χ0) is 27.4. The lowest BCUT2D eigenvalue weighted by Crippen LogP contribution is -2.53. The first-order valence-electron chi connectivity index (χ1n) is 15.2. The Morgan fingerprint density at radius 2 is 1.87 bits per heavy atom. The summed E-state index contributed by atoms with van der Waals surface area (Å²) in [5.41, 5.74) is 10.7. The molecule has 3 unspecified atom stereocenters. The minimum absolute atomic E-state index is 0.0746. The van der Waals surface area contributed by atoms with E-state index in [2.05, 4.69) is 23.6 Å². The number of aliphatic hydroxyl groups is 1. The molecule has 3 aliphatic carbocycles. The van der Waals surface area contributed by atoms with Gasteiger partial charge in [-0.25, -0.2) is 0 Å². The molecule has 0 aromatic heterocycles. The van der Waals surface area contributed by atoms with Crippen LogP contribution in [-0.4, -0.2) is 64.8 Å². The molecule has 1 saturated heterocycles. The molecular weight excluding hydrogens is 476 g/mol. The van der Waals surface area contributed by atoms with Crippen LogP contribution in [0.25, 0.3) is 0 Å². The Morgan fingerprint density at radius 3 is 2.42 bits per heavy atom. The first-order chi connectivity index (χ1) is 18.1. The summed E-state index contributed by atoms with van der Waals surface area (Å²) in [7, 11) is 3.89. The predicted octanol–water partition coefficient (Wildman–Crippen LogP) is 5.49. The van der Waals surface area contributed by atoms with Crippen molar-refractivity contribution < 1.29 is 10.0 Å². The second-order valence-electron chi connectivity index (χ2n) is 13.1. The molecule has 38 heavy (non-hydrogen) atoms. The molecule has 0 radical (unpaired) electrons. The van der Waals surface area contributed by atoms with Gasteiger partial charge in [0.15, 0.2) is 0 Å². The molecule has 2 saturated carbocycles. The van der Waals surface area contributed by atoms with Crippen LogP contribution in [0.4, 0.5) is 0 Å². The number of hydrogen-bond donors (Lipinski definition) is 2. The number of nitrogens with zero attached hydrogens (tertiary/aromatic N) is 3. The van der Waals surface area contributed by atoms with Crippen LogP contribution in [0.15, 0.2) is 35.6 Å². The van der Waals surface area contributed by atoms with Crippen molar-refractivity contribution in [2.24, 2.45) is 29.4 Å². The van der Waals surface area contributed by atoms with E-state index in [0.29, 0.717) is 30.1 Å². The fraction of sp³-hybridized carbons (Fsp3) is 0.806. The van der Waals surface area contributed by atoms with E-state index in [1.54, 1.807) is 6.92 Å². The lowest BCUT2D eigenvalue weighted by Gasteiger charge is -2.48. The molecular formula is C31H52N4O3. The van der Waals surface area contributed by atoms with E-state index >= 15 is 0 Å². The van der Waals surface area contributed by atoms with E-state index in [1.807, 2.05) is 19.0 Å². The Balaban J connectivity index is 1.41. The second kappa shape index (κ2) is 12.6. The third-order valence-corrected chi connectivity index (χ3v) is 10.4. The van der Waals surface area contributed by atoms with Crippen LogP contribution in [0.1, 0.15) is 90.4 Å². The highest BCUT2D eigenvalue weighted by atomic mass is 16.6. The number of rotatable bonds is 10. The Kier molecular flexibility index (Phi) is 9.75. The summed E-state index contributed by atoms with van der Waals surface area (Å²) in [5.74, 6) is 1.80. The molecule has 7 nitrogen and oxygen atoms in total. The maximum Gasteiger partial charge on any atom is 0.213 e. The lowest BCUT2D eigenvalue weighted by atomic mass is 9.62. The minimum Gasteiger partial charge on any atom is -0.378 e. The van der Waals surface area contributed by atoms with Gasteiger partial charge < -0.3 is 15.7 Å². The third-order valence-electron chi connectivity index (χ3n) is 10.4. The van der Waals surface area contributed by atoms with Crippen molar-refractivity contribution in [2.45, 2.75) is 108 Å². The average molecular weight is 529 g/mol. The van der Waals surface area contributed by atoms with Gasteiger partial charge in [-0.15, -0.1) is 0 Å². The summed E-state index contributed by atoms with van der Waals surface area (Å²) in [6.07, 6.45) is 18.1. The SMILES string of the molecule is C=C(/C(=C\CC(C)[N+](=O)[O-])C1CCC=C(N2CCC(C(O)N(C)C)CC2)C1)C1CCC(C2(N)CCC2)CC1. The van der Waals surface area contributed by atoms with Crippen LogP contribution in [-0.2, 0) is 0 Å². The Hall–Kier alpha value is -1.70. The van der Waals surface area contributed by atoms with Gasteiger partial charge in [-0.2, -0.15) is 0 Å². The van der Waals surface area contributed by atoms with E-state index in [4.69, 9.17) is 5.73 Å². The van der Waals surface area contributed by atoms with Crippen LogP contribution in [0.5, 0.6) is 0 Å². The zero-order valence-electron chi connectivity index (χ0n) is 24.1. The first kappa shape index (κ1) is 29.3. The van der Waals surface area contributed by atoms with E-state index in [1.165, 1.54) is 48.9 Å². The van der Waals surface area contributed by atoms with Gasteiger partial charge in [0.25, 0.3) is 0 Å². The van der Waals surface area contributed by atoms with E-state index in [0.717, 1.165) is 58.0 Å². The van der Waals surface area contributed by atoms with Crippen LogP contribution in [0.2, 0.25) is 0 Å². The minimum atomic E-state index is -0.579. The van der Waals surface area contributed by atoms with E-state index < -0.39 is 6.04 Å². The molecule has 0 aromatic rings. The standard InChI is InChI=1S/C31H52N4O3/c1-22(35(37)38)9-14-29(23(2)24-10-12-27(13-11-24)31(32)17-6-18-31)26-7-5-8-28(21-26)34-19-15-25(16-20-34)30(36)33(3)4/h8,14,22,24-27,30,36H,2,5-7,9-13,15-21,32H2,1,3-4H3/b29-14+. The molecule has 1 heterocycles. The molecule has 4 aliphatic rings. The highest BCUT2D eigenvalue weighted by Crippen LogP contribution is 2.47. The Bertz CT molecular complexity index is 893. The molecule has 214 valence electrons. The van der Waals surface area contributed by atoms with Gasteiger partial charge in [-0.05, 0) is 120 Å². The summed E-state index contributed by atoms with van der Waals surface area (Å²) in [6, 6.07) is -0.579. The number of nitrogens with two attached hydrogens (primary N) is 1. The fourth-order valence-electron chi connectivity index (χ4n) is 7.51. The molecule has 0 aromatic carbocycles. The van der Waals surface area contributed by atoms with Crippen LogP contribution in [0.3, 0.4) is 0 Å². The normalized spacial score (nSPS) is 30.4. The van der Waals surface area contributed by atoms with Gasteiger partial charge in [0.1, 0.15) is 6.23 Å². The summed E-state index contributed by atoms with van der Waals surface area (Å²) >= 11 is 0. The topological polar surface area (TPSA) is 95.9 Å². The fourth-order valence-corrected chi connectivity index (χ4v) is 7.51. The maximum atomic E-state index is 11.4. The van der Waals surface area contributed by atoms with E-state index in [9.17, 15) is 15.2 Å². The summed E-state index contributed by atoms with van der Waals surface area (Å²) in [6.45, 7) is 8.32. The number of nitro groups is 1. The Morgan fingerprint density at radius 1 is 1.21 bits per heavy atom. The molecule has 4 rings (SSSR count). The van der Waals surface area contributed by atoms with Crippen molar-refractivity contribution in [1.82, 2.24) is 9.80 Å². The summed E-state index contributed by atoms with van der Waals surface area (Å²) in [5, 5.41) is 21.9. The highest BCUT2D eigenvalue weighted by molar-refractivity contribution is 5.35. The highest BCUT2D eigenvalue weighted by Gasteiger charge is 2.42. The molecule has 0 bridgehead atoms. The molecule has 3 fully saturated rings. The van der Waals surface area contributed by atoms with Crippen molar-refractivity contribution in [3.8, 4) is 0 Å². The van der Waals surface area contributed by atoms with Crippen molar-refractivity contribution in [3.05, 3.63) is 45.7 Å². The van der Waals surface area contributed by atoms with E-state index in [-0.39, 0.29) is 16.7 Å². The van der Waals surface area contributed by atoms with Gasteiger partial charge in [-0.1, -0.05) is 18.7 Å². The molecule has 7 heteroatoms. The number of hydrogen-bond acceptors (Lipinski definition) is 6. The summed E-state index contributed by atoms with van der Waals surface area (Å²) in [4.78, 5) is 15.7. The van der Waals surface area contributed by atoms with Crippen molar-refractivity contribution in [3.63, 3.8) is 0 Å². The monoisotopic (exact) mass is 528 g/mol. The van der Waals surface area contributed by atoms with Gasteiger partial charge in [0, 0.05) is 48.5 Å². The van der Waals surface area contributed by atoms with Gasteiger partial charge >= 0.3 is 0 Å². The molecule has 0 amide bonds. The summed E-state index contributed by atoms with van der Waals surface area (Å²) < 4.78 is 0. The van der Waals surface area contributed by atoms with Crippen molar-refractivity contribution >= 4 is 0 Å².